The number of aryl methyl sites for hydroxylation is 2. The Balaban J connectivity index is 1.90. The van der Waals surface area contributed by atoms with Crippen LogP contribution in [0.3, 0.4) is 0 Å². The van der Waals surface area contributed by atoms with Gasteiger partial charge in [-0.05, 0) is 61.6 Å². The fourth-order valence-corrected chi connectivity index (χ4v) is 4.17. The minimum Gasteiger partial charge on any atom is -0.322 e. The van der Waals surface area contributed by atoms with Crippen LogP contribution in [-0.4, -0.2) is 16.3 Å². The molecule has 0 spiro atoms. The molecule has 31 heavy (non-hydrogen) atoms. The number of fused-ring (bicyclic) bond motifs is 1. The lowest BCUT2D eigenvalue weighted by molar-refractivity contribution is 0.0909. The van der Waals surface area contributed by atoms with Crippen molar-refractivity contribution < 1.29 is 9.59 Å². The van der Waals surface area contributed by atoms with Gasteiger partial charge in [-0.25, -0.2) is 0 Å². The maximum Gasteiger partial charge on any atom is 0.268 e. The summed E-state index contributed by atoms with van der Waals surface area (Å²) in [6.45, 7) is 7.95. The van der Waals surface area contributed by atoms with Gasteiger partial charge in [0.2, 0.25) is 0 Å². The summed E-state index contributed by atoms with van der Waals surface area (Å²) in [5, 5.41) is 2.80. The third kappa shape index (κ3) is 4.08. The number of anilines is 1. The molecule has 4 rings (SSSR count). The second kappa shape index (κ2) is 7.65. The smallest absolute Gasteiger partial charge is 0.268 e. The highest BCUT2D eigenvalue weighted by Crippen LogP contribution is 2.35. The molecule has 0 radical (unpaired) electrons. The van der Waals surface area contributed by atoms with E-state index in [0.717, 1.165) is 11.1 Å². The van der Waals surface area contributed by atoms with Crippen LogP contribution in [0.15, 0.2) is 59.4 Å². The number of nitrogens with zero attached hydrogens (tertiary/aromatic N) is 1. The van der Waals surface area contributed by atoms with Crippen molar-refractivity contribution in [3.8, 4) is 5.69 Å². The number of ketones is 1. The fourth-order valence-electron chi connectivity index (χ4n) is 4.17. The fraction of sp³-hybridized carbons (Fsp3) is 0.269. The first-order valence-electron chi connectivity index (χ1n) is 10.4. The number of benzene rings is 2. The Kier molecular flexibility index (Phi) is 5.13. The van der Waals surface area contributed by atoms with Crippen LogP contribution in [-0.2, 0) is 6.42 Å². The quantitative estimate of drug-likeness (QED) is 0.665. The standard InChI is InChI=1S/C26H26N2O3/c1-16-8-10-19(11-9-16)28-22-14-26(3,4)15-23(29)20(22)13-21(25(28)31)24(30)27-18-7-5-6-17(2)12-18/h5-13H,14-15H2,1-4H3,(H,27,30). The van der Waals surface area contributed by atoms with Crippen LogP contribution in [0.4, 0.5) is 5.69 Å². The average Bonchev–Trinajstić information content (AvgIpc) is 2.68. The van der Waals surface area contributed by atoms with Gasteiger partial charge in [0, 0.05) is 29.1 Å². The molecule has 2 aromatic carbocycles. The molecule has 1 amide bonds. The SMILES string of the molecule is Cc1ccc(-n2c3c(cc(C(=O)Nc4cccc(C)c4)c2=O)C(=O)CC(C)(C)C3)cc1. The lowest BCUT2D eigenvalue weighted by atomic mass is 9.75. The minimum atomic E-state index is -0.517. The number of amides is 1. The molecule has 0 atom stereocenters. The number of nitrogens with one attached hydrogen (secondary N) is 1. The third-order valence-corrected chi connectivity index (χ3v) is 5.70. The van der Waals surface area contributed by atoms with Gasteiger partial charge in [0.15, 0.2) is 5.78 Å². The Hall–Kier alpha value is -3.47. The van der Waals surface area contributed by atoms with E-state index in [1.807, 2.05) is 70.2 Å². The van der Waals surface area contributed by atoms with Crippen LogP contribution in [0.25, 0.3) is 5.69 Å². The molecular weight excluding hydrogens is 388 g/mol. The van der Waals surface area contributed by atoms with E-state index in [4.69, 9.17) is 0 Å². The number of rotatable bonds is 3. The van der Waals surface area contributed by atoms with Gasteiger partial charge in [0.05, 0.1) is 0 Å². The molecule has 0 bridgehead atoms. The minimum absolute atomic E-state index is 0.0334. The van der Waals surface area contributed by atoms with E-state index in [0.29, 0.717) is 35.5 Å². The van der Waals surface area contributed by atoms with Gasteiger partial charge in [-0.3, -0.25) is 19.0 Å². The predicted molar refractivity (Wildman–Crippen MR) is 122 cm³/mol. The van der Waals surface area contributed by atoms with E-state index >= 15 is 0 Å². The first-order chi connectivity index (χ1) is 14.6. The van der Waals surface area contributed by atoms with Gasteiger partial charge >= 0.3 is 0 Å². The van der Waals surface area contributed by atoms with E-state index in [-0.39, 0.29) is 16.8 Å². The Morgan fingerprint density at radius 2 is 1.65 bits per heavy atom. The maximum absolute atomic E-state index is 13.5. The van der Waals surface area contributed by atoms with Gasteiger partial charge in [0.25, 0.3) is 11.5 Å². The summed E-state index contributed by atoms with van der Waals surface area (Å²) in [4.78, 5) is 39.6. The normalized spacial score (nSPS) is 14.8. The second-order valence-electron chi connectivity index (χ2n) is 9.16. The number of hydrogen-bond donors (Lipinski definition) is 1. The van der Waals surface area contributed by atoms with Crippen molar-refractivity contribution in [1.29, 1.82) is 0 Å². The molecule has 1 aliphatic carbocycles. The Labute approximate surface area is 181 Å². The van der Waals surface area contributed by atoms with Crippen LogP contribution in [0.2, 0.25) is 0 Å². The van der Waals surface area contributed by atoms with Crippen molar-refractivity contribution in [2.24, 2.45) is 5.41 Å². The summed E-state index contributed by atoms with van der Waals surface area (Å²) in [5.74, 6) is -0.561. The number of aromatic nitrogens is 1. The first-order valence-corrected chi connectivity index (χ1v) is 10.4. The van der Waals surface area contributed by atoms with Crippen LogP contribution in [0.1, 0.15) is 57.8 Å². The zero-order valence-electron chi connectivity index (χ0n) is 18.3. The Morgan fingerprint density at radius 1 is 0.935 bits per heavy atom. The number of carbonyl (C=O) groups is 2. The summed E-state index contributed by atoms with van der Waals surface area (Å²) in [6, 6.07) is 16.4. The molecule has 0 saturated heterocycles. The molecule has 5 heteroatoms. The predicted octanol–water partition coefficient (Wildman–Crippen LogP) is 4.86. The van der Waals surface area contributed by atoms with Gasteiger partial charge in [-0.2, -0.15) is 0 Å². The molecular formula is C26H26N2O3. The topological polar surface area (TPSA) is 68.2 Å². The van der Waals surface area contributed by atoms with Crippen LogP contribution < -0.4 is 10.9 Å². The molecule has 0 saturated carbocycles. The summed E-state index contributed by atoms with van der Waals surface area (Å²) >= 11 is 0. The highest BCUT2D eigenvalue weighted by atomic mass is 16.2. The van der Waals surface area contributed by atoms with E-state index in [1.54, 1.807) is 10.6 Å². The van der Waals surface area contributed by atoms with Crippen LogP contribution in [0.5, 0.6) is 0 Å². The zero-order valence-corrected chi connectivity index (χ0v) is 18.3. The van der Waals surface area contributed by atoms with E-state index in [9.17, 15) is 14.4 Å². The molecule has 0 unspecified atom stereocenters. The van der Waals surface area contributed by atoms with Gasteiger partial charge in [-0.1, -0.05) is 43.7 Å². The molecule has 158 valence electrons. The van der Waals surface area contributed by atoms with Crippen molar-refractivity contribution in [3.63, 3.8) is 0 Å². The first kappa shape index (κ1) is 20.8. The van der Waals surface area contributed by atoms with E-state index < -0.39 is 11.5 Å². The van der Waals surface area contributed by atoms with Crippen molar-refractivity contribution in [3.05, 3.63) is 92.9 Å². The summed E-state index contributed by atoms with van der Waals surface area (Å²) in [6.07, 6.45) is 0.960. The summed E-state index contributed by atoms with van der Waals surface area (Å²) in [5.41, 5.74) is 3.74. The highest BCUT2D eigenvalue weighted by molar-refractivity contribution is 6.07. The molecule has 1 aromatic heterocycles. The molecule has 1 N–H and O–H groups in total. The Bertz CT molecular complexity index is 1250. The average molecular weight is 415 g/mol. The van der Waals surface area contributed by atoms with E-state index in [1.165, 1.54) is 6.07 Å². The molecule has 5 nitrogen and oxygen atoms in total. The van der Waals surface area contributed by atoms with Crippen molar-refractivity contribution in [2.75, 3.05) is 5.32 Å². The number of hydrogen-bond acceptors (Lipinski definition) is 3. The van der Waals surface area contributed by atoms with Crippen LogP contribution >= 0.6 is 0 Å². The van der Waals surface area contributed by atoms with Crippen LogP contribution in [0, 0.1) is 19.3 Å². The van der Waals surface area contributed by atoms with E-state index in [2.05, 4.69) is 5.32 Å². The maximum atomic E-state index is 13.5. The highest BCUT2D eigenvalue weighted by Gasteiger charge is 2.35. The molecule has 1 aliphatic rings. The third-order valence-electron chi connectivity index (χ3n) is 5.70. The van der Waals surface area contributed by atoms with Gasteiger partial charge in [0.1, 0.15) is 5.56 Å². The molecule has 0 fully saturated rings. The second-order valence-corrected chi connectivity index (χ2v) is 9.16. The van der Waals surface area contributed by atoms with Crippen molar-refractivity contribution in [2.45, 2.75) is 40.5 Å². The lowest BCUT2D eigenvalue weighted by Crippen LogP contribution is -2.37. The Morgan fingerprint density at radius 3 is 2.32 bits per heavy atom. The zero-order chi connectivity index (χ0) is 22.3. The number of Topliss-reactive ketones (excluding diaryl/α,β-unsaturated/α-hetero) is 1. The monoisotopic (exact) mass is 414 g/mol. The molecule has 1 heterocycles. The molecule has 0 aliphatic heterocycles. The largest absolute Gasteiger partial charge is 0.322 e. The summed E-state index contributed by atoms with van der Waals surface area (Å²) in [7, 11) is 0. The van der Waals surface area contributed by atoms with Crippen molar-refractivity contribution >= 4 is 17.4 Å². The summed E-state index contributed by atoms with van der Waals surface area (Å²) < 4.78 is 1.54. The number of pyridine rings is 1. The molecule has 3 aromatic rings. The number of carbonyl (C=O) groups excluding carboxylic acids is 2. The van der Waals surface area contributed by atoms with Gasteiger partial charge in [-0.15, -0.1) is 0 Å². The van der Waals surface area contributed by atoms with Gasteiger partial charge < -0.3 is 5.32 Å². The lowest BCUT2D eigenvalue weighted by Gasteiger charge is -2.32. The van der Waals surface area contributed by atoms with Crippen molar-refractivity contribution in [1.82, 2.24) is 4.57 Å².